The van der Waals surface area contributed by atoms with Crippen LogP contribution in [0, 0.1) is 0 Å². The van der Waals surface area contributed by atoms with Crippen molar-refractivity contribution in [2.24, 2.45) is 0 Å². The highest BCUT2D eigenvalue weighted by molar-refractivity contribution is 5.76. The van der Waals surface area contributed by atoms with Crippen LogP contribution >= 0.6 is 0 Å². The highest BCUT2D eigenvalue weighted by atomic mass is 16.2. The van der Waals surface area contributed by atoms with Crippen molar-refractivity contribution in [3.05, 3.63) is 0 Å². The molecule has 0 atom stereocenters. The van der Waals surface area contributed by atoms with Crippen LogP contribution in [0.25, 0.3) is 0 Å². The lowest BCUT2D eigenvalue weighted by Gasteiger charge is -2.22. The number of hydrogen-bond acceptors (Lipinski definition) is 1. The molecule has 0 bridgehead atoms. The van der Waals surface area contributed by atoms with Gasteiger partial charge in [0.25, 0.3) is 0 Å². The zero-order chi connectivity index (χ0) is 17.3. The Morgan fingerprint density at radius 3 is 1.54 bits per heavy atom. The maximum Gasteiger partial charge on any atom is 0.222 e. The largest absolute Gasteiger partial charge is 0.343 e. The predicted octanol–water partition coefficient (Wildman–Crippen LogP) is 6.87. The van der Waals surface area contributed by atoms with Gasteiger partial charge in [-0.1, -0.05) is 96.8 Å². The lowest BCUT2D eigenvalue weighted by atomic mass is 10.1. The van der Waals surface area contributed by atoms with Gasteiger partial charge < -0.3 is 4.90 Å². The van der Waals surface area contributed by atoms with Gasteiger partial charge in [0.05, 0.1) is 0 Å². The molecule has 2 nitrogen and oxygen atoms in total. The molecule has 0 spiro atoms. The van der Waals surface area contributed by atoms with E-state index in [1.165, 1.54) is 103 Å². The zero-order valence-corrected chi connectivity index (χ0v) is 16.5. The summed E-state index contributed by atoms with van der Waals surface area (Å²) in [5, 5.41) is 0. The van der Waals surface area contributed by atoms with Crippen LogP contribution in [-0.2, 0) is 4.79 Å². The van der Waals surface area contributed by atoms with Crippen LogP contribution < -0.4 is 0 Å². The van der Waals surface area contributed by atoms with E-state index in [1.807, 2.05) is 0 Å². The first kappa shape index (κ1) is 21.5. The number of hydrogen-bond donors (Lipinski definition) is 0. The molecule has 1 aliphatic rings. The van der Waals surface area contributed by atoms with E-state index in [-0.39, 0.29) is 0 Å². The normalized spacial score (nSPS) is 17.5. The van der Waals surface area contributed by atoms with E-state index in [0.717, 1.165) is 25.9 Å². The molecule has 1 saturated heterocycles. The van der Waals surface area contributed by atoms with Crippen LogP contribution in [0.15, 0.2) is 0 Å². The minimum Gasteiger partial charge on any atom is -0.343 e. The van der Waals surface area contributed by atoms with Crippen molar-refractivity contribution in [2.75, 3.05) is 13.1 Å². The van der Waals surface area contributed by atoms with E-state index in [1.54, 1.807) is 0 Å². The first-order chi connectivity index (χ1) is 11.8. The maximum atomic E-state index is 12.5. The fourth-order valence-corrected chi connectivity index (χ4v) is 3.77. The minimum atomic E-state index is 0.428. The Morgan fingerprint density at radius 2 is 1.04 bits per heavy atom. The standard InChI is InChI=1S/C22H43NO/c1-2-3-4-5-6-7-10-13-16-19-22(24)23-20-17-14-11-8-9-12-15-18-21-23/h2-21H2,1H3. The quantitative estimate of drug-likeness (QED) is 0.398. The highest BCUT2D eigenvalue weighted by Gasteiger charge is 2.13. The van der Waals surface area contributed by atoms with Gasteiger partial charge in [-0.3, -0.25) is 4.79 Å². The number of unbranched alkanes of at least 4 members (excludes halogenated alkanes) is 8. The predicted molar refractivity (Wildman–Crippen MR) is 105 cm³/mol. The molecule has 0 N–H and O–H groups in total. The second-order valence-corrected chi connectivity index (χ2v) is 7.79. The summed E-state index contributed by atoms with van der Waals surface area (Å²) in [6.07, 6.45) is 23.3. The first-order valence-corrected chi connectivity index (χ1v) is 11.1. The summed E-state index contributed by atoms with van der Waals surface area (Å²) in [6.45, 7) is 4.29. The van der Waals surface area contributed by atoms with Crippen LogP contribution in [0.2, 0.25) is 0 Å². The fraction of sp³-hybridized carbons (Fsp3) is 0.955. The van der Waals surface area contributed by atoms with Crippen molar-refractivity contribution in [3.63, 3.8) is 0 Å². The molecule has 0 radical (unpaired) electrons. The monoisotopic (exact) mass is 337 g/mol. The van der Waals surface area contributed by atoms with E-state index < -0.39 is 0 Å². The number of nitrogens with zero attached hydrogens (tertiary/aromatic N) is 1. The number of carbonyl (C=O) groups excluding carboxylic acids is 1. The molecule has 1 fully saturated rings. The highest BCUT2D eigenvalue weighted by Crippen LogP contribution is 2.14. The van der Waals surface area contributed by atoms with Crippen LogP contribution in [0.3, 0.4) is 0 Å². The molecule has 1 amide bonds. The van der Waals surface area contributed by atoms with Gasteiger partial charge >= 0.3 is 0 Å². The lowest BCUT2D eigenvalue weighted by Crippen LogP contribution is -2.32. The molecule has 0 aromatic rings. The Hall–Kier alpha value is -0.530. The van der Waals surface area contributed by atoms with Crippen molar-refractivity contribution < 1.29 is 4.79 Å². The molecule has 1 heterocycles. The molecule has 0 saturated carbocycles. The molecule has 24 heavy (non-hydrogen) atoms. The molecular weight excluding hydrogens is 294 g/mol. The van der Waals surface area contributed by atoms with Crippen molar-refractivity contribution >= 4 is 5.91 Å². The van der Waals surface area contributed by atoms with Crippen molar-refractivity contribution in [3.8, 4) is 0 Å². The van der Waals surface area contributed by atoms with Gasteiger partial charge in [-0.25, -0.2) is 0 Å². The average molecular weight is 338 g/mol. The van der Waals surface area contributed by atoms with Crippen molar-refractivity contribution in [1.82, 2.24) is 4.90 Å². The van der Waals surface area contributed by atoms with E-state index in [2.05, 4.69) is 11.8 Å². The second kappa shape index (κ2) is 16.0. The van der Waals surface area contributed by atoms with E-state index in [9.17, 15) is 4.79 Å². The Kier molecular flexibility index (Phi) is 14.3. The van der Waals surface area contributed by atoms with E-state index in [4.69, 9.17) is 0 Å². The van der Waals surface area contributed by atoms with Gasteiger partial charge in [0.1, 0.15) is 0 Å². The fourth-order valence-electron chi connectivity index (χ4n) is 3.77. The summed E-state index contributed by atoms with van der Waals surface area (Å²) in [6, 6.07) is 0. The molecule has 1 rings (SSSR count). The van der Waals surface area contributed by atoms with Crippen LogP contribution in [0.1, 0.15) is 122 Å². The molecule has 0 aromatic carbocycles. The van der Waals surface area contributed by atoms with Gasteiger partial charge in [0, 0.05) is 19.5 Å². The van der Waals surface area contributed by atoms with Crippen LogP contribution in [0.4, 0.5) is 0 Å². The second-order valence-electron chi connectivity index (χ2n) is 7.79. The lowest BCUT2D eigenvalue weighted by molar-refractivity contribution is -0.131. The van der Waals surface area contributed by atoms with Gasteiger partial charge in [-0.15, -0.1) is 0 Å². The summed E-state index contributed by atoms with van der Waals surface area (Å²) >= 11 is 0. The summed E-state index contributed by atoms with van der Waals surface area (Å²) in [5.41, 5.74) is 0. The van der Waals surface area contributed by atoms with Gasteiger partial charge in [0.15, 0.2) is 0 Å². The van der Waals surface area contributed by atoms with Gasteiger partial charge in [-0.05, 0) is 19.3 Å². The number of carbonyl (C=O) groups is 1. The third-order valence-electron chi connectivity index (χ3n) is 5.45. The van der Waals surface area contributed by atoms with Crippen LogP contribution in [0.5, 0.6) is 0 Å². The van der Waals surface area contributed by atoms with Gasteiger partial charge in [0.2, 0.25) is 5.91 Å². The molecule has 2 heteroatoms. The van der Waals surface area contributed by atoms with Crippen LogP contribution in [-0.4, -0.2) is 23.9 Å². The van der Waals surface area contributed by atoms with E-state index >= 15 is 0 Å². The molecule has 0 unspecified atom stereocenters. The topological polar surface area (TPSA) is 20.3 Å². The third kappa shape index (κ3) is 11.9. The van der Waals surface area contributed by atoms with Gasteiger partial charge in [-0.2, -0.15) is 0 Å². The summed E-state index contributed by atoms with van der Waals surface area (Å²) in [4.78, 5) is 14.7. The molecule has 0 aromatic heterocycles. The zero-order valence-electron chi connectivity index (χ0n) is 16.5. The SMILES string of the molecule is CCCCCCCCCCCC(=O)N1CCCCCCCCCC1. The Bertz CT molecular complexity index is 278. The summed E-state index contributed by atoms with van der Waals surface area (Å²) in [7, 11) is 0. The molecular formula is C22H43NO. The van der Waals surface area contributed by atoms with E-state index in [0.29, 0.717) is 5.91 Å². The third-order valence-corrected chi connectivity index (χ3v) is 5.45. The van der Waals surface area contributed by atoms with Crippen molar-refractivity contribution in [2.45, 2.75) is 122 Å². The van der Waals surface area contributed by atoms with Crippen molar-refractivity contribution in [1.29, 1.82) is 0 Å². The average Bonchev–Trinajstić information content (AvgIpc) is 2.65. The first-order valence-electron chi connectivity index (χ1n) is 11.1. The molecule has 1 aliphatic heterocycles. The Balaban J connectivity index is 2.06. The smallest absolute Gasteiger partial charge is 0.222 e. The number of amides is 1. The Labute approximate surface area is 151 Å². The molecule has 142 valence electrons. The summed E-state index contributed by atoms with van der Waals surface area (Å²) in [5.74, 6) is 0.428. The minimum absolute atomic E-state index is 0.428. The Morgan fingerprint density at radius 1 is 0.625 bits per heavy atom. The molecule has 0 aliphatic carbocycles. The maximum absolute atomic E-state index is 12.5. The summed E-state index contributed by atoms with van der Waals surface area (Å²) < 4.78 is 0. The number of rotatable bonds is 10.